The van der Waals surface area contributed by atoms with E-state index >= 15 is 0 Å². The second kappa shape index (κ2) is 6.30. The summed E-state index contributed by atoms with van der Waals surface area (Å²) in [6, 6.07) is 2.19. The summed E-state index contributed by atoms with van der Waals surface area (Å²) in [5.74, 6) is -0.00804. The molecule has 2 aliphatic heterocycles. The molecule has 1 unspecified atom stereocenters. The van der Waals surface area contributed by atoms with E-state index in [1.807, 2.05) is 0 Å². The zero-order valence-electron chi connectivity index (χ0n) is 14.0. The van der Waals surface area contributed by atoms with Crippen molar-refractivity contribution in [2.24, 2.45) is 10.1 Å². The Morgan fingerprint density at radius 1 is 1.40 bits per heavy atom. The van der Waals surface area contributed by atoms with Crippen LogP contribution in [-0.2, 0) is 9.59 Å². The summed E-state index contributed by atoms with van der Waals surface area (Å²) in [5, 5.41) is 3.96. The van der Waals surface area contributed by atoms with Gasteiger partial charge in [-0.15, -0.1) is 0 Å². The first-order valence-electron chi connectivity index (χ1n) is 7.49. The van der Waals surface area contributed by atoms with E-state index in [9.17, 15) is 14.4 Å². The average molecular weight is 345 g/mol. The molecule has 0 radical (unpaired) electrons. The van der Waals surface area contributed by atoms with Crippen molar-refractivity contribution in [2.45, 2.75) is 13.0 Å². The Hall–Kier alpha value is -3.30. The predicted octanol–water partition coefficient (Wildman–Crippen LogP) is -0.535. The number of nitrogens with one attached hydrogen (secondary N) is 1. The lowest BCUT2D eigenvalue weighted by Gasteiger charge is -2.30. The summed E-state index contributed by atoms with van der Waals surface area (Å²) in [7, 11) is 2.93. The molecule has 10 nitrogen and oxygen atoms in total. The van der Waals surface area contributed by atoms with Crippen molar-refractivity contribution in [3.63, 3.8) is 0 Å². The van der Waals surface area contributed by atoms with E-state index in [1.165, 1.54) is 36.2 Å². The van der Waals surface area contributed by atoms with Gasteiger partial charge in [-0.2, -0.15) is 5.10 Å². The van der Waals surface area contributed by atoms with Gasteiger partial charge in [0.25, 0.3) is 30.0 Å². The lowest BCUT2D eigenvalue weighted by Crippen LogP contribution is -2.62. The van der Waals surface area contributed by atoms with Gasteiger partial charge < -0.3 is 4.42 Å². The van der Waals surface area contributed by atoms with Crippen molar-refractivity contribution >= 4 is 35.7 Å². The van der Waals surface area contributed by atoms with Gasteiger partial charge in [0.2, 0.25) is 0 Å². The molecule has 25 heavy (non-hydrogen) atoms. The summed E-state index contributed by atoms with van der Waals surface area (Å²) in [6.07, 6.45) is 2.89. The summed E-state index contributed by atoms with van der Waals surface area (Å²) in [4.78, 5) is 42.8. The number of rotatable bonds is 4. The van der Waals surface area contributed by atoms with Crippen LogP contribution in [0.2, 0.25) is 0 Å². The second-order valence-electron chi connectivity index (χ2n) is 5.63. The lowest BCUT2D eigenvalue weighted by molar-refractivity contribution is -0.519. The number of amidine groups is 1. The van der Waals surface area contributed by atoms with Crippen LogP contribution in [0.4, 0.5) is 4.79 Å². The maximum Gasteiger partial charge on any atom is 0.333 e. The first-order valence-corrected chi connectivity index (χ1v) is 7.49. The van der Waals surface area contributed by atoms with Crippen LogP contribution in [0.15, 0.2) is 32.9 Å². The van der Waals surface area contributed by atoms with Gasteiger partial charge in [0.1, 0.15) is 11.5 Å². The van der Waals surface area contributed by atoms with E-state index < -0.39 is 23.9 Å². The molecule has 2 aliphatic rings. The number of urea groups is 1. The fourth-order valence-corrected chi connectivity index (χ4v) is 2.56. The van der Waals surface area contributed by atoms with E-state index in [0.717, 1.165) is 4.90 Å². The van der Waals surface area contributed by atoms with E-state index in [2.05, 4.69) is 15.5 Å². The monoisotopic (exact) mass is 345 g/mol. The van der Waals surface area contributed by atoms with Crippen LogP contribution in [0.3, 0.4) is 0 Å². The molecule has 1 N–H and O–H groups in total. The minimum Gasteiger partial charge on any atom is -0.463 e. The molecule has 0 aromatic carbocycles. The predicted molar refractivity (Wildman–Crippen MR) is 87.4 cm³/mol. The number of likely N-dealkylation sites (N-methyl/N-ethyl adjacent to an activating group) is 2. The van der Waals surface area contributed by atoms with E-state index in [4.69, 9.17) is 4.42 Å². The number of amides is 4. The Balaban J connectivity index is 1.66. The van der Waals surface area contributed by atoms with Crippen LogP contribution in [-0.4, -0.2) is 76.8 Å². The van der Waals surface area contributed by atoms with Crippen LogP contribution in [0.25, 0.3) is 0 Å². The van der Waals surface area contributed by atoms with Crippen LogP contribution in [0, 0.1) is 0 Å². The van der Waals surface area contributed by atoms with Crippen LogP contribution < -0.4 is 5.43 Å². The number of aliphatic imine (C=N–C) groups is 1. The molecule has 1 atom stereocenters. The lowest BCUT2D eigenvalue weighted by atomic mass is 10.1. The standard InChI is InChI=1S/C15H16N6O4/c1-9(10-5-4-6-25-10)17-18-11(22)7-21-8-16-13-12(21)14(23)20(3)15(24)19(13)2/h4-6,8,12H,7H2,1-3H3/p+1/b17-9-. The number of hydrogen-bond acceptors (Lipinski definition) is 6. The van der Waals surface area contributed by atoms with E-state index in [1.54, 1.807) is 19.1 Å². The Kier molecular flexibility index (Phi) is 4.17. The normalized spacial score (nSPS) is 20.4. The fourth-order valence-electron chi connectivity index (χ4n) is 2.56. The van der Waals surface area contributed by atoms with Crippen molar-refractivity contribution < 1.29 is 23.4 Å². The van der Waals surface area contributed by atoms with Gasteiger partial charge in [0, 0.05) is 14.1 Å². The highest BCUT2D eigenvalue weighted by Crippen LogP contribution is 2.16. The molecule has 1 fully saturated rings. The first kappa shape index (κ1) is 16.6. The number of hydrazone groups is 1. The molecule has 1 saturated heterocycles. The van der Waals surface area contributed by atoms with Crippen LogP contribution in [0.5, 0.6) is 0 Å². The SMILES string of the molecule is C/C(=N/NC(=O)C[N+]1=CN=C2C1C(=O)N(C)C(=O)N2C)c1ccco1. The summed E-state index contributed by atoms with van der Waals surface area (Å²) < 4.78 is 6.64. The first-order chi connectivity index (χ1) is 11.9. The van der Waals surface area contributed by atoms with E-state index in [-0.39, 0.29) is 6.54 Å². The minimum absolute atomic E-state index is 0.131. The summed E-state index contributed by atoms with van der Waals surface area (Å²) in [5.41, 5.74) is 2.92. The van der Waals surface area contributed by atoms with Gasteiger partial charge in [-0.25, -0.2) is 14.8 Å². The molecule has 0 saturated carbocycles. The second-order valence-corrected chi connectivity index (χ2v) is 5.63. The molecule has 0 aliphatic carbocycles. The Bertz CT molecular complexity index is 823. The Morgan fingerprint density at radius 3 is 2.84 bits per heavy atom. The molecule has 3 rings (SSSR count). The summed E-state index contributed by atoms with van der Waals surface area (Å²) >= 11 is 0. The van der Waals surface area contributed by atoms with Crippen LogP contribution in [0.1, 0.15) is 12.7 Å². The smallest absolute Gasteiger partial charge is 0.333 e. The third-order valence-electron chi connectivity index (χ3n) is 3.95. The Labute approximate surface area is 143 Å². The third kappa shape index (κ3) is 2.93. The van der Waals surface area contributed by atoms with Crippen molar-refractivity contribution in [3.05, 3.63) is 24.2 Å². The van der Waals surface area contributed by atoms with E-state index in [0.29, 0.717) is 17.3 Å². The molecule has 4 amide bonds. The number of nitrogens with zero attached hydrogens (tertiary/aromatic N) is 5. The molecule has 3 heterocycles. The fraction of sp³-hybridized carbons (Fsp3) is 0.333. The maximum absolute atomic E-state index is 12.3. The summed E-state index contributed by atoms with van der Waals surface area (Å²) in [6.45, 7) is 1.57. The average Bonchev–Trinajstić information content (AvgIpc) is 3.26. The molecule has 0 bridgehead atoms. The van der Waals surface area contributed by atoms with Gasteiger partial charge in [0.05, 0.1) is 6.26 Å². The van der Waals surface area contributed by atoms with Crippen LogP contribution >= 0.6 is 0 Å². The van der Waals surface area contributed by atoms with Gasteiger partial charge in [-0.3, -0.25) is 19.4 Å². The third-order valence-corrected chi connectivity index (χ3v) is 3.95. The largest absolute Gasteiger partial charge is 0.463 e. The number of fused-ring (bicyclic) bond motifs is 1. The molecule has 10 heteroatoms. The molecule has 0 spiro atoms. The maximum atomic E-state index is 12.3. The Morgan fingerprint density at radius 2 is 2.16 bits per heavy atom. The quantitative estimate of drug-likeness (QED) is 0.449. The van der Waals surface area contributed by atoms with Crippen molar-refractivity contribution in [1.82, 2.24) is 15.2 Å². The molecule has 1 aromatic rings. The zero-order chi connectivity index (χ0) is 18.1. The highest BCUT2D eigenvalue weighted by molar-refractivity contribution is 6.21. The molecular formula is C15H17N6O4+. The molecule has 130 valence electrons. The highest BCUT2D eigenvalue weighted by Gasteiger charge is 2.50. The van der Waals surface area contributed by atoms with Crippen molar-refractivity contribution in [3.8, 4) is 0 Å². The number of carbonyl (C=O) groups is 3. The zero-order valence-corrected chi connectivity index (χ0v) is 14.0. The minimum atomic E-state index is -0.798. The number of hydrogen-bond donors (Lipinski definition) is 1. The number of carbonyl (C=O) groups excluding carboxylic acids is 3. The van der Waals surface area contributed by atoms with Gasteiger partial charge >= 0.3 is 6.03 Å². The number of furan rings is 1. The molecular weight excluding hydrogens is 328 g/mol. The molecule has 1 aromatic heterocycles. The van der Waals surface area contributed by atoms with Crippen molar-refractivity contribution in [1.29, 1.82) is 0 Å². The van der Waals surface area contributed by atoms with Gasteiger partial charge in [0.15, 0.2) is 6.54 Å². The number of imide groups is 1. The van der Waals surface area contributed by atoms with Crippen molar-refractivity contribution in [2.75, 3.05) is 20.6 Å². The van der Waals surface area contributed by atoms with Gasteiger partial charge in [-0.05, 0) is 24.0 Å². The topological polar surface area (TPSA) is 111 Å². The van der Waals surface area contributed by atoms with Gasteiger partial charge in [-0.1, -0.05) is 0 Å². The highest BCUT2D eigenvalue weighted by atomic mass is 16.3.